The highest BCUT2D eigenvalue weighted by Gasteiger charge is 2.28. The van der Waals surface area contributed by atoms with E-state index in [0.29, 0.717) is 16.4 Å². The van der Waals surface area contributed by atoms with E-state index in [0.717, 1.165) is 18.5 Å². The maximum absolute atomic E-state index is 11.9. The summed E-state index contributed by atoms with van der Waals surface area (Å²) >= 11 is 5.99. The number of benzene rings is 1. The van der Waals surface area contributed by atoms with Gasteiger partial charge in [-0.3, -0.25) is 4.79 Å². The molecule has 0 atom stereocenters. The van der Waals surface area contributed by atoms with E-state index in [2.05, 4.69) is 5.32 Å². The van der Waals surface area contributed by atoms with E-state index in [1.165, 1.54) is 0 Å². The van der Waals surface area contributed by atoms with Crippen LogP contribution in [0, 0.1) is 5.92 Å². The number of halogens is 1. The molecule has 1 aliphatic heterocycles. The van der Waals surface area contributed by atoms with Crippen LogP contribution in [0.15, 0.2) is 28.7 Å². The average Bonchev–Trinajstić information content (AvgIpc) is 2.60. The molecule has 1 N–H and O–H groups in total. The monoisotopic (exact) mass is 235 g/mol. The van der Waals surface area contributed by atoms with Crippen LogP contribution < -0.4 is 5.32 Å². The molecule has 4 heteroatoms. The Morgan fingerprint density at radius 1 is 1.44 bits per heavy atom. The molecule has 82 valence electrons. The van der Waals surface area contributed by atoms with Crippen molar-refractivity contribution < 1.29 is 9.21 Å². The molecule has 1 aromatic carbocycles. The largest absolute Gasteiger partial charge is 0.451 e. The maximum Gasteiger partial charge on any atom is 0.203 e. The number of hydrogen-bond donors (Lipinski definition) is 1. The molecule has 0 unspecified atom stereocenters. The van der Waals surface area contributed by atoms with Crippen LogP contribution in [-0.2, 0) is 0 Å². The summed E-state index contributed by atoms with van der Waals surface area (Å²) in [6.45, 7) is 1.48. The number of hydrogen-bond acceptors (Lipinski definition) is 3. The van der Waals surface area contributed by atoms with Gasteiger partial charge in [-0.05, 0) is 12.1 Å². The minimum atomic E-state index is 0.0549. The highest BCUT2D eigenvalue weighted by atomic mass is 35.5. The molecular weight excluding hydrogens is 226 g/mol. The van der Waals surface area contributed by atoms with Crippen molar-refractivity contribution in [3.63, 3.8) is 0 Å². The number of furan rings is 1. The Hall–Kier alpha value is -1.32. The molecule has 1 aliphatic rings. The zero-order valence-corrected chi connectivity index (χ0v) is 9.25. The van der Waals surface area contributed by atoms with Crippen molar-refractivity contribution in [1.29, 1.82) is 0 Å². The second-order valence-corrected chi connectivity index (χ2v) is 4.40. The Balaban J connectivity index is 2.04. The van der Waals surface area contributed by atoms with Crippen LogP contribution in [0.4, 0.5) is 0 Å². The Morgan fingerprint density at radius 3 is 2.88 bits per heavy atom. The highest BCUT2D eigenvalue weighted by Crippen LogP contribution is 2.28. The van der Waals surface area contributed by atoms with Gasteiger partial charge < -0.3 is 9.73 Å². The molecule has 3 nitrogen and oxygen atoms in total. The van der Waals surface area contributed by atoms with E-state index in [9.17, 15) is 4.79 Å². The van der Waals surface area contributed by atoms with Crippen molar-refractivity contribution in [2.75, 3.05) is 13.1 Å². The predicted octanol–water partition coefficient (Wildman–Crippen LogP) is 2.49. The fourth-order valence-electron chi connectivity index (χ4n) is 1.82. The fraction of sp³-hybridized carbons (Fsp3) is 0.250. The fourth-order valence-corrected chi connectivity index (χ4v) is 2.04. The quantitative estimate of drug-likeness (QED) is 0.814. The standard InChI is InChI=1S/C12H10ClNO2/c13-9-3-1-2-7-4-10(16-12(7)9)11(15)8-5-14-6-8/h1-4,8,14H,5-6H2. The minimum absolute atomic E-state index is 0.0549. The normalized spacial score (nSPS) is 16.3. The van der Waals surface area contributed by atoms with E-state index in [4.69, 9.17) is 16.0 Å². The van der Waals surface area contributed by atoms with Crippen molar-refractivity contribution in [3.05, 3.63) is 35.0 Å². The van der Waals surface area contributed by atoms with E-state index in [1.807, 2.05) is 12.1 Å². The molecule has 1 aromatic heterocycles. The van der Waals surface area contributed by atoms with E-state index >= 15 is 0 Å². The molecule has 1 saturated heterocycles. The Labute approximate surface area is 97.4 Å². The van der Waals surface area contributed by atoms with Crippen LogP contribution in [0.2, 0.25) is 5.02 Å². The summed E-state index contributed by atoms with van der Waals surface area (Å²) in [6.07, 6.45) is 0. The lowest BCUT2D eigenvalue weighted by Crippen LogP contribution is -2.46. The first-order chi connectivity index (χ1) is 7.75. The number of ketones is 1. The summed E-state index contributed by atoms with van der Waals surface area (Å²) in [4.78, 5) is 11.9. The van der Waals surface area contributed by atoms with Gasteiger partial charge in [0.2, 0.25) is 5.78 Å². The first-order valence-electron chi connectivity index (χ1n) is 5.19. The second kappa shape index (κ2) is 3.61. The van der Waals surface area contributed by atoms with Gasteiger partial charge in [-0.1, -0.05) is 23.7 Å². The molecule has 2 heterocycles. The lowest BCUT2D eigenvalue weighted by molar-refractivity contribution is 0.0851. The smallest absolute Gasteiger partial charge is 0.203 e. The molecule has 0 spiro atoms. The summed E-state index contributed by atoms with van der Waals surface area (Å²) in [6, 6.07) is 7.26. The maximum atomic E-state index is 11.9. The lowest BCUT2D eigenvalue weighted by atomic mass is 9.96. The van der Waals surface area contributed by atoms with Gasteiger partial charge in [0, 0.05) is 18.5 Å². The van der Waals surface area contributed by atoms with E-state index in [1.54, 1.807) is 12.1 Å². The van der Waals surface area contributed by atoms with Gasteiger partial charge in [-0.2, -0.15) is 0 Å². The molecule has 0 radical (unpaired) electrons. The van der Waals surface area contributed by atoms with Gasteiger partial charge >= 0.3 is 0 Å². The third-order valence-corrected chi connectivity index (χ3v) is 3.19. The van der Waals surface area contributed by atoms with Crippen LogP contribution >= 0.6 is 11.6 Å². The molecule has 0 amide bonds. The topological polar surface area (TPSA) is 42.2 Å². The van der Waals surface area contributed by atoms with Crippen molar-refractivity contribution in [1.82, 2.24) is 5.32 Å². The van der Waals surface area contributed by atoms with Crippen molar-refractivity contribution in [2.45, 2.75) is 0 Å². The summed E-state index contributed by atoms with van der Waals surface area (Å²) in [5.41, 5.74) is 0.597. The van der Waals surface area contributed by atoms with Crippen LogP contribution in [0.1, 0.15) is 10.6 Å². The number of fused-ring (bicyclic) bond motifs is 1. The number of rotatable bonds is 2. The van der Waals surface area contributed by atoms with Crippen molar-refractivity contribution in [2.24, 2.45) is 5.92 Å². The Bertz CT molecular complexity index is 557. The first-order valence-corrected chi connectivity index (χ1v) is 5.56. The first kappa shape index (κ1) is 9.87. The minimum Gasteiger partial charge on any atom is -0.451 e. The SMILES string of the molecule is O=C(c1cc2cccc(Cl)c2o1)C1CNC1. The number of para-hydroxylation sites is 1. The van der Waals surface area contributed by atoms with Crippen LogP contribution in [0.25, 0.3) is 11.0 Å². The zero-order chi connectivity index (χ0) is 11.1. The molecule has 1 fully saturated rings. The average molecular weight is 236 g/mol. The van der Waals surface area contributed by atoms with Gasteiger partial charge in [0.05, 0.1) is 10.9 Å². The highest BCUT2D eigenvalue weighted by molar-refractivity contribution is 6.34. The van der Waals surface area contributed by atoms with Crippen LogP contribution in [0.3, 0.4) is 0 Å². The van der Waals surface area contributed by atoms with Gasteiger partial charge in [0.25, 0.3) is 0 Å². The summed E-state index contributed by atoms with van der Waals surface area (Å²) in [5.74, 6) is 0.528. The summed E-state index contributed by atoms with van der Waals surface area (Å²) in [5, 5.41) is 4.49. The number of carbonyl (C=O) groups is 1. The Kier molecular flexibility index (Phi) is 2.23. The molecule has 0 saturated carbocycles. The number of nitrogens with one attached hydrogen (secondary N) is 1. The van der Waals surface area contributed by atoms with E-state index < -0.39 is 0 Å². The van der Waals surface area contributed by atoms with Crippen LogP contribution in [0.5, 0.6) is 0 Å². The van der Waals surface area contributed by atoms with Crippen molar-refractivity contribution >= 4 is 28.4 Å². The van der Waals surface area contributed by atoms with Gasteiger partial charge in [0.1, 0.15) is 0 Å². The zero-order valence-electron chi connectivity index (χ0n) is 8.50. The number of Topliss-reactive ketones (excluding diaryl/α,β-unsaturated/α-hetero) is 1. The van der Waals surface area contributed by atoms with Crippen LogP contribution in [-0.4, -0.2) is 18.9 Å². The number of carbonyl (C=O) groups excluding carboxylic acids is 1. The molecular formula is C12H10ClNO2. The second-order valence-electron chi connectivity index (χ2n) is 3.99. The summed E-state index contributed by atoms with van der Waals surface area (Å²) in [7, 11) is 0. The van der Waals surface area contributed by atoms with E-state index in [-0.39, 0.29) is 11.7 Å². The van der Waals surface area contributed by atoms with Gasteiger partial charge in [0.15, 0.2) is 11.3 Å². The third-order valence-electron chi connectivity index (χ3n) is 2.89. The lowest BCUT2D eigenvalue weighted by Gasteiger charge is -2.24. The molecule has 0 bridgehead atoms. The van der Waals surface area contributed by atoms with Crippen molar-refractivity contribution in [3.8, 4) is 0 Å². The third kappa shape index (κ3) is 1.44. The molecule has 2 aromatic rings. The molecule has 0 aliphatic carbocycles. The predicted molar refractivity (Wildman–Crippen MR) is 61.9 cm³/mol. The summed E-state index contributed by atoms with van der Waals surface area (Å²) < 4.78 is 5.51. The molecule has 3 rings (SSSR count). The van der Waals surface area contributed by atoms with Gasteiger partial charge in [-0.15, -0.1) is 0 Å². The van der Waals surface area contributed by atoms with Gasteiger partial charge in [-0.25, -0.2) is 0 Å². The molecule has 16 heavy (non-hydrogen) atoms. The Morgan fingerprint density at radius 2 is 2.25 bits per heavy atom.